The maximum atomic E-state index is 13.1. The molecule has 3 N–H and O–H groups in total. The van der Waals surface area contributed by atoms with Crippen molar-refractivity contribution in [1.82, 2.24) is 16.0 Å². The van der Waals surface area contributed by atoms with Crippen molar-refractivity contribution in [2.75, 3.05) is 33.3 Å². The summed E-state index contributed by atoms with van der Waals surface area (Å²) in [7, 11) is 1.69. The van der Waals surface area contributed by atoms with Crippen molar-refractivity contribution in [2.45, 2.75) is 19.4 Å². The number of carbonyl (C=O) groups excluding carboxylic acids is 1. The lowest BCUT2D eigenvalue weighted by atomic mass is 10.1. The lowest BCUT2D eigenvalue weighted by Crippen LogP contribution is -2.42. The fourth-order valence-electron chi connectivity index (χ4n) is 2.45. The van der Waals surface area contributed by atoms with Gasteiger partial charge in [0.25, 0.3) is 0 Å². The monoisotopic (exact) mass is 518 g/mol. The van der Waals surface area contributed by atoms with Crippen LogP contribution < -0.4 is 16.0 Å². The van der Waals surface area contributed by atoms with Crippen molar-refractivity contribution in [3.05, 3.63) is 59.8 Å². The van der Waals surface area contributed by atoms with E-state index in [0.717, 1.165) is 12.2 Å². The van der Waals surface area contributed by atoms with Gasteiger partial charge in [0, 0.05) is 33.3 Å². The molecule has 0 aliphatic heterocycles. The van der Waals surface area contributed by atoms with E-state index < -0.39 is 0 Å². The predicted octanol–water partition coefficient (Wildman–Crippen LogP) is 2.47. The van der Waals surface area contributed by atoms with Gasteiger partial charge < -0.3 is 25.1 Å². The molecule has 0 aliphatic carbocycles. The zero-order valence-electron chi connectivity index (χ0n) is 16.4. The maximum absolute atomic E-state index is 13.1. The van der Waals surface area contributed by atoms with E-state index in [4.69, 9.17) is 9.15 Å². The number of amides is 1. The van der Waals surface area contributed by atoms with Crippen LogP contribution in [0.1, 0.15) is 17.7 Å². The second kappa shape index (κ2) is 14.8. The highest BCUT2D eigenvalue weighted by Gasteiger charge is 2.04. The van der Waals surface area contributed by atoms with Crippen molar-refractivity contribution in [3.63, 3.8) is 0 Å². The molecule has 0 bridgehead atoms. The zero-order valence-corrected chi connectivity index (χ0v) is 18.8. The molecular weight excluding hydrogens is 490 g/mol. The lowest BCUT2D eigenvalue weighted by molar-refractivity contribution is -0.120. The van der Waals surface area contributed by atoms with Gasteiger partial charge in [-0.25, -0.2) is 4.39 Å². The Morgan fingerprint density at radius 1 is 1.14 bits per heavy atom. The quantitative estimate of drug-likeness (QED) is 0.184. The summed E-state index contributed by atoms with van der Waals surface area (Å²) in [4.78, 5) is 16.0. The highest BCUT2D eigenvalue weighted by molar-refractivity contribution is 14.0. The lowest BCUT2D eigenvalue weighted by Gasteiger charge is -2.12. The largest absolute Gasteiger partial charge is 0.467 e. The minimum absolute atomic E-state index is 0. The maximum Gasteiger partial charge on any atom is 0.224 e. The van der Waals surface area contributed by atoms with Crippen molar-refractivity contribution in [3.8, 4) is 0 Å². The van der Waals surface area contributed by atoms with Crippen LogP contribution in [0.4, 0.5) is 4.39 Å². The molecule has 0 aliphatic rings. The second-order valence-electron chi connectivity index (χ2n) is 6.07. The van der Waals surface area contributed by atoms with E-state index in [0.29, 0.717) is 44.4 Å². The molecule has 1 aromatic carbocycles. The van der Waals surface area contributed by atoms with Crippen molar-refractivity contribution < 1.29 is 18.3 Å². The molecule has 0 saturated heterocycles. The zero-order chi connectivity index (χ0) is 20.0. The van der Waals surface area contributed by atoms with Crippen LogP contribution in [-0.4, -0.2) is 45.2 Å². The summed E-state index contributed by atoms with van der Waals surface area (Å²) < 4.78 is 23.8. The molecule has 0 spiro atoms. The van der Waals surface area contributed by atoms with Gasteiger partial charge in [-0.1, -0.05) is 12.1 Å². The van der Waals surface area contributed by atoms with E-state index in [1.54, 1.807) is 25.4 Å². The first kappa shape index (κ1) is 24.9. The van der Waals surface area contributed by atoms with Crippen molar-refractivity contribution >= 4 is 35.8 Å². The van der Waals surface area contributed by atoms with Gasteiger partial charge in [0.15, 0.2) is 5.96 Å². The molecule has 0 atom stereocenters. The molecular formula is C20H28FIN4O3. The van der Waals surface area contributed by atoms with E-state index in [1.807, 2.05) is 12.1 Å². The SMILES string of the molecule is CN=C(NCCCOCc1ccco1)NCCNC(=O)Cc1cccc(F)c1.I. The van der Waals surface area contributed by atoms with Gasteiger partial charge in [0.1, 0.15) is 18.2 Å². The first-order valence-corrected chi connectivity index (χ1v) is 9.23. The predicted molar refractivity (Wildman–Crippen MR) is 121 cm³/mol. The molecule has 7 nitrogen and oxygen atoms in total. The summed E-state index contributed by atoms with van der Waals surface area (Å²) in [6.07, 6.45) is 2.61. The van der Waals surface area contributed by atoms with Crippen LogP contribution in [0.3, 0.4) is 0 Å². The molecule has 160 valence electrons. The van der Waals surface area contributed by atoms with Crippen LogP contribution in [0.5, 0.6) is 0 Å². The summed E-state index contributed by atoms with van der Waals surface area (Å²) in [5.41, 5.74) is 0.650. The minimum atomic E-state index is -0.340. The molecule has 0 fully saturated rings. The van der Waals surface area contributed by atoms with Gasteiger partial charge in [-0.3, -0.25) is 9.79 Å². The summed E-state index contributed by atoms with van der Waals surface area (Å²) >= 11 is 0. The highest BCUT2D eigenvalue weighted by Crippen LogP contribution is 2.04. The topological polar surface area (TPSA) is 87.9 Å². The minimum Gasteiger partial charge on any atom is -0.467 e. The Hall–Kier alpha value is -2.14. The summed E-state index contributed by atoms with van der Waals surface area (Å²) in [6, 6.07) is 9.75. The van der Waals surface area contributed by atoms with Gasteiger partial charge in [-0.05, 0) is 36.2 Å². The number of hydrogen-bond acceptors (Lipinski definition) is 4. The average Bonchev–Trinajstić information content (AvgIpc) is 3.19. The van der Waals surface area contributed by atoms with Gasteiger partial charge in [-0.2, -0.15) is 0 Å². The van der Waals surface area contributed by atoms with E-state index in [-0.39, 0.29) is 42.1 Å². The number of nitrogens with one attached hydrogen (secondary N) is 3. The second-order valence-corrected chi connectivity index (χ2v) is 6.07. The standard InChI is InChI=1S/C20H27FN4O3.HI/c1-22-20(24-8-4-11-27-15-18-7-3-12-28-18)25-10-9-23-19(26)14-16-5-2-6-17(21)13-16;/h2-3,5-7,12-13H,4,8-11,14-15H2,1H3,(H,23,26)(H2,22,24,25);1H. The number of benzene rings is 1. The van der Waals surface area contributed by atoms with Crippen LogP contribution in [0.2, 0.25) is 0 Å². The van der Waals surface area contributed by atoms with Crippen LogP contribution in [0, 0.1) is 5.82 Å². The Morgan fingerprint density at radius 3 is 2.66 bits per heavy atom. The first-order chi connectivity index (χ1) is 13.7. The third kappa shape index (κ3) is 10.8. The van der Waals surface area contributed by atoms with Crippen molar-refractivity contribution in [1.29, 1.82) is 0 Å². The molecule has 1 aromatic heterocycles. The van der Waals surface area contributed by atoms with Crippen LogP contribution in [-0.2, 0) is 22.6 Å². The summed E-state index contributed by atoms with van der Waals surface area (Å²) in [6.45, 7) is 2.77. The number of guanidine groups is 1. The summed E-state index contributed by atoms with van der Waals surface area (Å²) in [5, 5.41) is 9.09. The molecule has 9 heteroatoms. The number of aliphatic imine (C=N–C) groups is 1. The number of ether oxygens (including phenoxy) is 1. The van der Waals surface area contributed by atoms with Crippen LogP contribution in [0.25, 0.3) is 0 Å². The number of nitrogens with zero attached hydrogens (tertiary/aromatic N) is 1. The van der Waals surface area contributed by atoms with E-state index >= 15 is 0 Å². The molecule has 1 heterocycles. The highest BCUT2D eigenvalue weighted by atomic mass is 127. The molecule has 1 amide bonds. The number of halogens is 2. The first-order valence-electron chi connectivity index (χ1n) is 9.23. The normalized spacial score (nSPS) is 10.9. The van der Waals surface area contributed by atoms with Crippen LogP contribution in [0.15, 0.2) is 52.1 Å². The number of hydrogen-bond donors (Lipinski definition) is 3. The van der Waals surface area contributed by atoms with E-state index in [2.05, 4.69) is 20.9 Å². The molecule has 0 radical (unpaired) electrons. The van der Waals surface area contributed by atoms with Gasteiger partial charge in [-0.15, -0.1) is 24.0 Å². The number of rotatable bonds is 11. The van der Waals surface area contributed by atoms with Crippen molar-refractivity contribution in [2.24, 2.45) is 4.99 Å². The molecule has 0 unspecified atom stereocenters. The van der Waals surface area contributed by atoms with Gasteiger partial charge in [0.05, 0.1) is 12.7 Å². The third-order valence-electron chi connectivity index (χ3n) is 3.80. The third-order valence-corrected chi connectivity index (χ3v) is 3.80. The Balaban J connectivity index is 0.00000420. The molecule has 2 aromatic rings. The molecule has 2 rings (SSSR count). The number of furan rings is 1. The molecule has 29 heavy (non-hydrogen) atoms. The fraction of sp³-hybridized carbons (Fsp3) is 0.400. The number of carbonyl (C=O) groups is 1. The Morgan fingerprint density at radius 2 is 1.93 bits per heavy atom. The fourth-order valence-corrected chi connectivity index (χ4v) is 2.45. The van der Waals surface area contributed by atoms with E-state index in [9.17, 15) is 9.18 Å². The Bertz CT molecular complexity index is 741. The Labute approximate surface area is 187 Å². The molecule has 0 saturated carbocycles. The average molecular weight is 518 g/mol. The van der Waals surface area contributed by atoms with E-state index in [1.165, 1.54) is 12.1 Å². The summed E-state index contributed by atoms with van der Waals surface area (Å²) in [5.74, 6) is 0.979. The Kier molecular flexibility index (Phi) is 12.7. The smallest absolute Gasteiger partial charge is 0.224 e. The van der Waals surface area contributed by atoms with Gasteiger partial charge in [0.2, 0.25) is 5.91 Å². The van der Waals surface area contributed by atoms with Crippen LogP contribution >= 0.6 is 24.0 Å². The van der Waals surface area contributed by atoms with Gasteiger partial charge >= 0.3 is 0 Å².